The average Bonchev–Trinajstić information content (AvgIpc) is 2.24. The Balaban J connectivity index is 4.26. The van der Waals surface area contributed by atoms with Gasteiger partial charge in [0.25, 0.3) is 0 Å². The van der Waals surface area contributed by atoms with Crippen molar-refractivity contribution in [3.05, 3.63) is 0 Å². The lowest BCUT2D eigenvalue weighted by Gasteiger charge is -2.22. The molecule has 0 saturated carbocycles. The van der Waals surface area contributed by atoms with Crippen molar-refractivity contribution in [3.8, 4) is 0 Å². The number of sulfone groups is 1. The van der Waals surface area contributed by atoms with E-state index in [-0.39, 0.29) is 0 Å². The second-order valence-electron chi connectivity index (χ2n) is 6.08. The zero-order valence-corrected chi connectivity index (χ0v) is 13.6. The summed E-state index contributed by atoms with van der Waals surface area (Å²) in [5.41, 5.74) is 0. The number of rotatable bonds is 9. The molecule has 1 unspecified atom stereocenters. The quantitative estimate of drug-likeness (QED) is 0.659. The Bertz CT molecular complexity index is 304. The molecule has 0 bridgehead atoms. The molecule has 0 fully saturated rings. The maximum atomic E-state index is 12.1. The van der Waals surface area contributed by atoms with Gasteiger partial charge in [0.2, 0.25) is 0 Å². The van der Waals surface area contributed by atoms with Crippen molar-refractivity contribution in [3.63, 3.8) is 0 Å². The Kier molecular flexibility index (Phi) is 8.11. The van der Waals surface area contributed by atoms with Crippen molar-refractivity contribution in [2.45, 2.75) is 65.0 Å². The second kappa shape index (κ2) is 8.16. The highest BCUT2D eigenvalue weighted by atomic mass is 32.2. The molecule has 0 aliphatic heterocycles. The van der Waals surface area contributed by atoms with Crippen molar-refractivity contribution in [1.29, 1.82) is 0 Å². The van der Waals surface area contributed by atoms with E-state index in [0.717, 1.165) is 38.8 Å². The van der Waals surface area contributed by atoms with Crippen LogP contribution in [0.1, 0.15) is 60.3 Å². The fourth-order valence-corrected chi connectivity index (χ4v) is 3.12. The molecule has 0 aromatic heterocycles. The summed E-state index contributed by atoms with van der Waals surface area (Å²) in [7, 11) is -2.97. The SMILES string of the molecule is CCCNCC(CCC)CCS(=O)(=O)C(C)(C)C. The summed E-state index contributed by atoms with van der Waals surface area (Å²) < 4.78 is 23.5. The van der Waals surface area contributed by atoms with E-state index in [1.165, 1.54) is 0 Å². The largest absolute Gasteiger partial charge is 0.316 e. The highest BCUT2D eigenvalue weighted by Crippen LogP contribution is 2.20. The molecule has 0 aliphatic carbocycles. The molecule has 0 aliphatic rings. The Labute approximate surface area is 114 Å². The number of hydrogen-bond acceptors (Lipinski definition) is 3. The van der Waals surface area contributed by atoms with Gasteiger partial charge in [-0.05, 0) is 59.0 Å². The van der Waals surface area contributed by atoms with Crippen molar-refractivity contribution in [1.82, 2.24) is 5.32 Å². The summed E-state index contributed by atoms with van der Waals surface area (Å²) in [6, 6.07) is 0. The van der Waals surface area contributed by atoms with E-state index in [1.54, 1.807) is 20.8 Å². The van der Waals surface area contributed by atoms with Crippen LogP contribution in [0.2, 0.25) is 0 Å². The van der Waals surface area contributed by atoms with Crippen LogP contribution in [-0.2, 0) is 9.84 Å². The molecule has 18 heavy (non-hydrogen) atoms. The smallest absolute Gasteiger partial charge is 0.155 e. The molecule has 0 aromatic carbocycles. The van der Waals surface area contributed by atoms with Gasteiger partial charge < -0.3 is 5.32 Å². The van der Waals surface area contributed by atoms with Crippen LogP contribution in [0.5, 0.6) is 0 Å². The Hall–Kier alpha value is -0.0900. The van der Waals surface area contributed by atoms with Crippen LogP contribution in [0.4, 0.5) is 0 Å². The van der Waals surface area contributed by atoms with Crippen LogP contribution in [0, 0.1) is 5.92 Å². The first-order valence-electron chi connectivity index (χ1n) is 7.17. The molecule has 1 atom stereocenters. The summed E-state index contributed by atoms with van der Waals surface area (Å²) >= 11 is 0. The summed E-state index contributed by atoms with van der Waals surface area (Å²) in [5, 5.41) is 3.40. The molecule has 0 spiro atoms. The van der Waals surface area contributed by atoms with E-state index in [2.05, 4.69) is 19.2 Å². The Morgan fingerprint density at radius 3 is 2.11 bits per heavy atom. The van der Waals surface area contributed by atoms with Gasteiger partial charge in [-0.15, -0.1) is 0 Å². The van der Waals surface area contributed by atoms with E-state index < -0.39 is 14.6 Å². The molecule has 110 valence electrons. The minimum Gasteiger partial charge on any atom is -0.316 e. The topological polar surface area (TPSA) is 46.2 Å². The third-order valence-electron chi connectivity index (χ3n) is 3.28. The van der Waals surface area contributed by atoms with Crippen LogP contribution in [-0.4, -0.2) is 32.0 Å². The van der Waals surface area contributed by atoms with Gasteiger partial charge in [0.1, 0.15) is 0 Å². The fourth-order valence-electron chi connectivity index (χ4n) is 1.87. The molecule has 0 heterocycles. The molecule has 4 heteroatoms. The predicted molar refractivity (Wildman–Crippen MR) is 79.7 cm³/mol. The fraction of sp³-hybridized carbons (Fsp3) is 1.00. The van der Waals surface area contributed by atoms with Gasteiger partial charge in [0.05, 0.1) is 10.5 Å². The van der Waals surface area contributed by atoms with E-state index in [9.17, 15) is 8.42 Å². The highest BCUT2D eigenvalue weighted by molar-refractivity contribution is 7.92. The van der Waals surface area contributed by atoms with Gasteiger partial charge in [0, 0.05) is 0 Å². The minimum atomic E-state index is -2.97. The van der Waals surface area contributed by atoms with Crippen LogP contribution in [0.25, 0.3) is 0 Å². The van der Waals surface area contributed by atoms with Gasteiger partial charge in [-0.3, -0.25) is 0 Å². The Morgan fingerprint density at radius 2 is 1.67 bits per heavy atom. The van der Waals surface area contributed by atoms with E-state index in [1.807, 2.05) is 0 Å². The molecule has 0 radical (unpaired) electrons. The maximum absolute atomic E-state index is 12.1. The lowest BCUT2D eigenvalue weighted by Crippen LogP contribution is -2.32. The normalized spacial score (nSPS) is 14.7. The predicted octanol–water partition coefficient (Wildman–Crippen LogP) is 3.01. The second-order valence-corrected chi connectivity index (χ2v) is 8.94. The van der Waals surface area contributed by atoms with Crippen LogP contribution >= 0.6 is 0 Å². The minimum absolute atomic E-state index is 0.314. The van der Waals surface area contributed by atoms with E-state index in [0.29, 0.717) is 11.7 Å². The monoisotopic (exact) mass is 277 g/mol. The van der Waals surface area contributed by atoms with Gasteiger partial charge in [-0.25, -0.2) is 8.42 Å². The average molecular weight is 277 g/mol. The summed E-state index contributed by atoms with van der Waals surface area (Å²) in [5.74, 6) is 0.799. The third-order valence-corrected chi connectivity index (χ3v) is 5.92. The molecule has 0 rings (SSSR count). The molecule has 0 amide bonds. The number of hydrogen-bond donors (Lipinski definition) is 1. The molecular formula is C14H31NO2S. The zero-order chi connectivity index (χ0) is 14.2. The summed E-state index contributed by atoms with van der Waals surface area (Å²) in [6.45, 7) is 11.6. The van der Waals surface area contributed by atoms with Crippen molar-refractivity contribution in [2.75, 3.05) is 18.8 Å². The molecule has 3 nitrogen and oxygen atoms in total. The van der Waals surface area contributed by atoms with Crippen LogP contribution in [0.3, 0.4) is 0 Å². The van der Waals surface area contributed by atoms with Gasteiger partial charge >= 0.3 is 0 Å². The van der Waals surface area contributed by atoms with Gasteiger partial charge in [-0.1, -0.05) is 20.3 Å². The molecule has 1 N–H and O–H groups in total. The van der Waals surface area contributed by atoms with E-state index >= 15 is 0 Å². The standard InChI is InChI=1S/C14H31NO2S/c1-6-8-13(12-15-10-7-2)9-11-18(16,17)14(3,4)5/h13,15H,6-12H2,1-5H3. The van der Waals surface area contributed by atoms with Crippen LogP contribution < -0.4 is 5.32 Å². The summed E-state index contributed by atoms with van der Waals surface area (Å²) in [4.78, 5) is 0. The van der Waals surface area contributed by atoms with Crippen molar-refractivity contribution >= 4 is 9.84 Å². The Morgan fingerprint density at radius 1 is 1.06 bits per heavy atom. The van der Waals surface area contributed by atoms with Crippen molar-refractivity contribution in [2.24, 2.45) is 5.92 Å². The highest BCUT2D eigenvalue weighted by Gasteiger charge is 2.29. The van der Waals surface area contributed by atoms with Crippen molar-refractivity contribution < 1.29 is 8.42 Å². The molecule has 0 saturated heterocycles. The first-order valence-corrected chi connectivity index (χ1v) is 8.82. The number of nitrogens with one attached hydrogen (secondary N) is 1. The van der Waals surface area contributed by atoms with E-state index in [4.69, 9.17) is 0 Å². The lowest BCUT2D eigenvalue weighted by atomic mass is 10.0. The summed E-state index contributed by atoms with van der Waals surface area (Å²) in [6.07, 6.45) is 4.13. The third kappa shape index (κ3) is 6.74. The lowest BCUT2D eigenvalue weighted by molar-refractivity contribution is 0.427. The van der Waals surface area contributed by atoms with Gasteiger partial charge in [-0.2, -0.15) is 0 Å². The molecule has 0 aromatic rings. The first kappa shape index (κ1) is 17.9. The van der Waals surface area contributed by atoms with Gasteiger partial charge in [0.15, 0.2) is 9.84 Å². The first-order chi connectivity index (χ1) is 8.24. The maximum Gasteiger partial charge on any atom is 0.155 e. The molecular weight excluding hydrogens is 246 g/mol. The zero-order valence-electron chi connectivity index (χ0n) is 12.8. The van der Waals surface area contributed by atoms with Crippen LogP contribution in [0.15, 0.2) is 0 Å².